The third-order valence-corrected chi connectivity index (χ3v) is 4.41. The fourth-order valence-corrected chi connectivity index (χ4v) is 3.00. The van der Waals surface area contributed by atoms with E-state index in [1.54, 1.807) is 12.1 Å². The zero-order valence-electron chi connectivity index (χ0n) is 13.4. The SMILES string of the molecule is COc1ccc(Cl)cc1C(=O)OCC(=O)N[C@H]1CCCC[C@H]1C. The number of hydrogen-bond acceptors (Lipinski definition) is 4. The fraction of sp³-hybridized carbons (Fsp3) is 0.529. The minimum Gasteiger partial charge on any atom is -0.496 e. The zero-order chi connectivity index (χ0) is 16.8. The summed E-state index contributed by atoms with van der Waals surface area (Å²) in [4.78, 5) is 24.1. The van der Waals surface area contributed by atoms with Crippen LogP contribution in [0.4, 0.5) is 0 Å². The van der Waals surface area contributed by atoms with Crippen molar-refractivity contribution in [2.24, 2.45) is 5.92 Å². The normalized spacial score (nSPS) is 20.7. The molecule has 5 nitrogen and oxygen atoms in total. The van der Waals surface area contributed by atoms with E-state index in [2.05, 4.69) is 12.2 Å². The molecular formula is C17H22ClNO4. The van der Waals surface area contributed by atoms with E-state index in [0.29, 0.717) is 16.7 Å². The molecule has 0 heterocycles. The fourth-order valence-electron chi connectivity index (χ4n) is 2.83. The van der Waals surface area contributed by atoms with Gasteiger partial charge in [0.2, 0.25) is 0 Å². The summed E-state index contributed by atoms with van der Waals surface area (Å²) in [7, 11) is 1.46. The molecule has 1 amide bonds. The Labute approximate surface area is 141 Å². The minimum absolute atomic E-state index is 0.163. The molecule has 0 radical (unpaired) electrons. The highest BCUT2D eigenvalue weighted by Crippen LogP contribution is 2.24. The molecule has 1 aliphatic carbocycles. The maximum Gasteiger partial charge on any atom is 0.342 e. The maximum absolute atomic E-state index is 12.1. The molecule has 0 aliphatic heterocycles. The predicted molar refractivity (Wildman–Crippen MR) is 87.8 cm³/mol. The van der Waals surface area contributed by atoms with Crippen LogP contribution in [0.5, 0.6) is 5.75 Å². The van der Waals surface area contributed by atoms with Crippen molar-refractivity contribution in [3.8, 4) is 5.75 Å². The van der Waals surface area contributed by atoms with E-state index in [9.17, 15) is 9.59 Å². The van der Waals surface area contributed by atoms with Crippen LogP contribution in [0.15, 0.2) is 18.2 Å². The highest BCUT2D eigenvalue weighted by atomic mass is 35.5. The molecule has 23 heavy (non-hydrogen) atoms. The molecular weight excluding hydrogens is 318 g/mol. The first-order valence-corrected chi connectivity index (χ1v) is 8.19. The first-order chi connectivity index (χ1) is 11.0. The van der Waals surface area contributed by atoms with Gasteiger partial charge in [0.25, 0.3) is 5.91 Å². The average Bonchev–Trinajstić information content (AvgIpc) is 2.54. The summed E-state index contributed by atoms with van der Waals surface area (Å²) in [5, 5.41) is 3.34. The molecule has 0 saturated heterocycles. The lowest BCUT2D eigenvalue weighted by Crippen LogP contribution is -2.42. The Balaban J connectivity index is 1.88. The summed E-state index contributed by atoms with van der Waals surface area (Å²) in [6, 6.07) is 4.83. The van der Waals surface area contributed by atoms with Gasteiger partial charge in [0.1, 0.15) is 11.3 Å². The number of halogens is 1. The summed E-state index contributed by atoms with van der Waals surface area (Å²) in [6.07, 6.45) is 4.42. The van der Waals surface area contributed by atoms with Crippen LogP contribution in [0.3, 0.4) is 0 Å². The second-order valence-corrected chi connectivity index (χ2v) is 6.29. The van der Waals surface area contributed by atoms with Crippen molar-refractivity contribution in [1.29, 1.82) is 0 Å². The number of methoxy groups -OCH3 is 1. The van der Waals surface area contributed by atoms with E-state index >= 15 is 0 Å². The maximum atomic E-state index is 12.1. The summed E-state index contributed by atoms with van der Waals surface area (Å²) in [6.45, 7) is 1.82. The average molecular weight is 340 g/mol. The molecule has 0 aromatic heterocycles. The lowest BCUT2D eigenvalue weighted by molar-refractivity contribution is -0.125. The van der Waals surface area contributed by atoms with Crippen molar-refractivity contribution in [2.45, 2.75) is 38.6 Å². The standard InChI is InChI=1S/C17H22ClNO4/c1-11-5-3-4-6-14(11)19-16(20)10-23-17(21)13-9-12(18)7-8-15(13)22-2/h7-9,11,14H,3-6,10H2,1-2H3,(H,19,20)/t11-,14+/m1/s1. The molecule has 2 rings (SSSR count). The molecule has 1 aromatic rings. The monoisotopic (exact) mass is 339 g/mol. The van der Waals surface area contributed by atoms with Crippen molar-refractivity contribution >= 4 is 23.5 Å². The summed E-state index contributed by atoms with van der Waals surface area (Å²) >= 11 is 5.88. The number of hydrogen-bond donors (Lipinski definition) is 1. The largest absolute Gasteiger partial charge is 0.496 e. The van der Waals surface area contributed by atoms with Crippen molar-refractivity contribution in [3.63, 3.8) is 0 Å². The quantitative estimate of drug-likeness (QED) is 0.837. The first kappa shape index (κ1) is 17.6. The topological polar surface area (TPSA) is 64.6 Å². The van der Waals surface area contributed by atoms with Gasteiger partial charge < -0.3 is 14.8 Å². The van der Waals surface area contributed by atoms with Gasteiger partial charge in [-0.15, -0.1) is 0 Å². The molecule has 1 saturated carbocycles. The van der Waals surface area contributed by atoms with Crippen LogP contribution >= 0.6 is 11.6 Å². The van der Waals surface area contributed by atoms with Crippen molar-refractivity contribution in [2.75, 3.05) is 13.7 Å². The van der Waals surface area contributed by atoms with Crippen LogP contribution in [0.2, 0.25) is 5.02 Å². The lowest BCUT2D eigenvalue weighted by Gasteiger charge is -2.29. The van der Waals surface area contributed by atoms with Gasteiger partial charge >= 0.3 is 5.97 Å². The van der Waals surface area contributed by atoms with Gasteiger partial charge in [0.05, 0.1) is 7.11 Å². The van der Waals surface area contributed by atoms with Crippen LogP contribution in [-0.4, -0.2) is 31.6 Å². The zero-order valence-corrected chi connectivity index (χ0v) is 14.2. The Morgan fingerprint density at radius 3 is 2.74 bits per heavy atom. The number of ether oxygens (including phenoxy) is 2. The molecule has 6 heteroatoms. The van der Waals surface area contributed by atoms with Gasteiger partial charge in [0.15, 0.2) is 6.61 Å². The summed E-state index contributed by atoms with van der Waals surface area (Å²) < 4.78 is 10.2. The Morgan fingerprint density at radius 2 is 2.04 bits per heavy atom. The molecule has 1 N–H and O–H groups in total. The number of carbonyl (C=O) groups is 2. The number of nitrogens with one attached hydrogen (secondary N) is 1. The number of carbonyl (C=O) groups excluding carboxylic acids is 2. The van der Waals surface area contributed by atoms with Gasteiger partial charge in [-0.2, -0.15) is 0 Å². The third kappa shape index (κ3) is 4.86. The van der Waals surface area contributed by atoms with E-state index in [1.807, 2.05) is 0 Å². The van der Waals surface area contributed by atoms with Gasteiger partial charge in [0, 0.05) is 11.1 Å². The lowest BCUT2D eigenvalue weighted by atomic mass is 9.86. The van der Waals surface area contributed by atoms with Crippen LogP contribution in [-0.2, 0) is 9.53 Å². The number of rotatable bonds is 5. The Bertz CT molecular complexity index is 576. The van der Waals surface area contributed by atoms with Crippen molar-refractivity contribution < 1.29 is 19.1 Å². The predicted octanol–water partition coefficient (Wildman–Crippen LogP) is 3.20. The van der Waals surface area contributed by atoms with Gasteiger partial charge in [-0.3, -0.25) is 4.79 Å². The number of amides is 1. The van der Waals surface area contributed by atoms with E-state index in [1.165, 1.54) is 19.6 Å². The molecule has 0 unspecified atom stereocenters. The smallest absolute Gasteiger partial charge is 0.342 e. The van der Waals surface area contributed by atoms with E-state index in [-0.39, 0.29) is 24.1 Å². The second-order valence-electron chi connectivity index (χ2n) is 5.86. The van der Waals surface area contributed by atoms with E-state index in [4.69, 9.17) is 21.1 Å². The van der Waals surface area contributed by atoms with Crippen molar-refractivity contribution in [1.82, 2.24) is 5.32 Å². The van der Waals surface area contributed by atoms with Gasteiger partial charge in [-0.1, -0.05) is 31.4 Å². The minimum atomic E-state index is -0.629. The first-order valence-electron chi connectivity index (χ1n) is 7.81. The van der Waals surface area contributed by atoms with Crippen LogP contribution in [0, 0.1) is 5.92 Å². The van der Waals surface area contributed by atoms with Crippen LogP contribution in [0.25, 0.3) is 0 Å². The Hall–Kier alpha value is -1.75. The summed E-state index contributed by atoms with van der Waals surface area (Å²) in [5.41, 5.74) is 0.207. The van der Waals surface area contributed by atoms with E-state index < -0.39 is 5.97 Å². The molecule has 0 bridgehead atoms. The van der Waals surface area contributed by atoms with Crippen molar-refractivity contribution in [3.05, 3.63) is 28.8 Å². The highest BCUT2D eigenvalue weighted by molar-refractivity contribution is 6.31. The molecule has 126 valence electrons. The van der Waals surface area contributed by atoms with E-state index in [0.717, 1.165) is 19.3 Å². The number of benzene rings is 1. The molecule has 0 spiro atoms. The molecule has 1 fully saturated rings. The van der Waals surface area contributed by atoms with Gasteiger partial charge in [-0.05, 0) is 37.0 Å². The second kappa shape index (κ2) is 8.20. The molecule has 2 atom stereocenters. The molecule has 1 aromatic carbocycles. The van der Waals surface area contributed by atoms with Crippen LogP contribution in [0.1, 0.15) is 43.0 Å². The molecule has 1 aliphatic rings. The summed E-state index contributed by atoms with van der Waals surface area (Å²) in [5.74, 6) is -0.0913. The van der Waals surface area contributed by atoms with Crippen LogP contribution < -0.4 is 10.1 Å². The third-order valence-electron chi connectivity index (χ3n) is 4.17. The highest BCUT2D eigenvalue weighted by Gasteiger charge is 2.23. The Morgan fingerprint density at radius 1 is 1.30 bits per heavy atom. The Kier molecular flexibility index (Phi) is 6.28. The van der Waals surface area contributed by atoms with Gasteiger partial charge in [-0.25, -0.2) is 4.79 Å². The number of esters is 1.